The number of rotatable bonds is 6. The van der Waals surface area contributed by atoms with Gasteiger partial charge in [0, 0.05) is 26.2 Å². The van der Waals surface area contributed by atoms with Gasteiger partial charge in [-0.1, -0.05) is 40.5 Å². The first-order valence-electron chi connectivity index (χ1n) is 11.2. The zero-order valence-electron chi connectivity index (χ0n) is 19.9. The molecule has 0 unspecified atom stereocenters. The number of carbonyl (C=O) groups is 1. The van der Waals surface area contributed by atoms with Crippen LogP contribution in [0.4, 0.5) is 0 Å². The lowest BCUT2D eigenvalue weighted by Gasteiger charge is -2.33. The Kier molecular flexibility index (Phi) is 6.77. The van der Waals surface area contributed by atoms with Gasteiger partial charge in [-0.3, -0.25) is 4.79 Å². The minimum atomic E-state index is -3.60. The molecule has 180 valence electrons. The predicted molar refractivity (Wildman–Crippen MR) is 127 cm³/mol. The molecule has 0 N–H and O–H groups in total. The minimum Gasteiger partial charge on any atom is -0.488 e. The molecule has 1 aliphatic heterocycles. The van der Waals surface area contributed by atoms with Crippen LogP contribution in [-0.2, 0) is 16.6 Å². The Morgan fingerprint density at radius 1 is 0.971 bits per heavy atom. The van der Waals surface area contributed by atoms with Gasteiger partial charge in [-0.05, 0) is 51.5 Å². The molecule has 0 saturated carbocycles. The van der Waals surface area contributed by atoms with Crippen LogP contribution in [-0.4, -0.2) is 54.9 Å². The molecule has 2 heterocycles. The average molecular weight is 484 g/mol. The number of nitrogens with zero attached hydrogens (tertiary/aromatic N) is 3. The smallest absolute Gasteiger partial charge is 0.276 e. The van der Waals surface area contributed by atoms with Crippen molar-refractivity contribution in [3.63, 3.8) is 0 Å². The molecule has 0 atom stereocenters. The molecular weight excluding hydrogens is 454 g/mol. The third-order valence-corrected chi connectivity index (χ3v) is 7.99. The summed E-state index contributed by atoms with van der Waals surface area (Å²) in [5, 5.41) is 3.99. The molecule has 1 aromatic heterocycles. The number of carbonyl (C=O) groups excluding carboxylic acids is 1. The molecule has 2 aromatic carbocycles. The molecule has 1 fully saturated rings. The number of piperazine rings is 1. The molecule has 0 radical (unpaired) electrons. The Hall–Kier alpha value is -3.17. The van der Waals surface area contributed by atoms with Crippen LogP contribution < -0.4 is 4.74 Å². The first-order chi connectivity index (χ1) is 16.2. The van der Waals surface area contributed by atoms with Crippen LogP contribution in [0.5, 0.6) is 5.75 Å². The fraction of sp³-hybridized carbons (Fsp3) is 0.360. The van der Waals surface area contributed by atoms with Gasteiger partial charge >= 0.3 is 0 Å². The number of ether oxygens (including phenoxy) is 1. The molecule has 1 aliphatic rings. The maximum Gasteiger partial charge on any atom is 0.276 e. The zero-order chi connectivity index (χ0) is 24.5. The summed E-state index contributed by atoms with van der Waals surface area (Å²) in [5.41, 5.74) is 3.95. The molecule has 34 heavy (non-hydrogen) atoms. The highest BCUT2D eigenvalue weighted by molar-refractivity contribution is 7.89. The molecule has 1 amide bonds. The first kappa shape index (κ1) is 24.0. The summed E-state index contributed by atoms with van der Waals surface area (Å²) in [6.45, 7) is 8.77. The van der Waals surface area contributed by atoms with Crippen LogP contribution in [0, 0.1) is 27.7 Å². The van der Waals surface area contributed by atoms with Crippen molar-refractivity contribution in [3.8, 4) is 5.75 Å². The molecule has 1 saturated heterocycles. The molecule has 8 nitrogen and oxygen atoms in total. The van der Waals surface area contributed by atoms with Crippen LogP contribution in [0.3, 0.4) is 0 Å². The summed E-state index contributed by atoms with van der Waals surface area (Å²) in [5.74, 6) is 0.969. The maximum absolute atomic E-state index is 13.2. The molecular formula is C25H29N3O5S. The van der Waals surface area contributed by atoms with E-state index in [1.54, 1.807) is 36.1 Å². The normalized spacial score (nSPS) is 14.9. The molecule has 0 aliphatic carbocycles. The van der Waals surface area contributed by atoms with Gasteiger partial charge in [0.05, 0.1) is 10.5 Å². The van der Waals surface area contributed by atoms with Gasteiger partial charge in [0.2, 0.25) is 10.0 Å². The van der Waals surface area contributed by atoms with E-state index in [4.69, 9.17) is 9.26 Å². The van der Waals surface area contributed by atoms with E-state index in [1.807, 2.05) is 39.0 Å². The lowest BCUT2D eigenvalue weighted by molar-refractivity contribution is 0.0685. The number of amides is 1. The number of sulfonamides is 1. The summed E-state index contributed by atoms with van der Waals surface area (Å²) in [6.07, 6.45) is 0. The monoisotopic (exact) mass is 483 g/mol. The van der Waals surface area contributed by atoms with Crippen molar-refractivity contribution in [1.29, 1.82) is 0 Å². The van der Waals surface area contributed by atoms with E-state index >= 15 is 0 Å². The van der Waals surface area contributed by atoms with Gasteiger partial charge in [0.1, 0.15) is 18.1 Å². The lowest BCUT2D eigenvalue weighted by Crippen LogP contribution is -2.50. The Bertz CT molecular complexity index is 1290. The fourth-order valence-corrected chi connectivity index (χ4v) is 5.40. The summed E-state index contributed by atoms with van der Waals surface area (Å²) < 4.78 is 38.6. The van der Waals surface area contributed by atoms with Crippen LogP contribution in [0.25, 0.3) is 0 Å². The van der Waals surface area contributed by atoms with Crippen molar-refractivity contribution in [2.24, 2.45) is 0 Å². The van der Waals surface area contributed by atoms with Crippen molar-refractivity contribution < 1.29 is 22.5 Å². The Morgan fingerprint density at radius 3 is 2.26 bits per heavy atom. The highest BCUT2D eigenvalue weighted by atomic mass is 32.2. The average Bonchev–Trinajstić information content (AvgIpc) is 3.18. The van der Waals surface area contributed by atoms with E-state index in [0.717, 1.165) is 22.4 Å². The highest BCUT2D eigenvalue weighted by Gasteiger charge is 2.32. The standard InChI is InChI=1S/C25H29N3O5S/c1-17-5-8-21(9-6-17)34(30,31)28-13-11-27(12-14-28)25(29)24-22(20(4)33-26-24)16-32-23-10-7-18(2)15-19(23)3/h5-10,15H,11-14,16H2,1-4H3. The molecule has 0 bridgehead atoms. The van der Waals surface area contributed by atoms with Crippen LogP contribution in [0.1, 0.15) is 38.5 Å². The van der Waals surface area contributed by atoms with Gasteiger partial charge in [-0.15, -0.1) is 0 Å². The third-order valence-electron chi connectivity index (χ3n) is 6.07. The number of aryl methyl sites for hydroxylation is 4. The van der Waals surface area contributed by atoms with Crippen molar-refractivity contribution in [2.45, 2.75) is 39.2 Å². The van der Waals surface area contributed by atoms with Gasteiger partial charge in [0.25, 0.3) is 5.91 Å². The van der Waals surface area contributed by atoms with Crippen molar-refractivity contribution >= 4 is 15.9 Å². The number of aromatic nitrogens is 1. The second kappa shape index (κ2) is 9.60. The first-order valence-corrected chi connectivity index (χ1v) is 12.6. The largest absolute Gasteiger partial charge is 0.488 e. The predicted octanol–water partition coefficient (Wildman–Crippen LogP) is 3.63. The van der Waals surface area contributed by atoms with E-state index in [-0.39, 0.29) is 49.3 Å². The number of hydrogen-bond donors (Lipinski definition) is 0. The highest BCUT2D eigenvalue weighted by Crippen LogP contribution is 2.24. The van der Waals surface area contributed by atoms with Crippen molar-refractivity contribution in [1.82, 2.24) is 14.4 Å². The van der Waals surface area contributed by atoms with E-state index in [1.165, 1.54) is 4.31 Å². The molecule has 9 heteroatoms. The van der Waals surface area contributed by atoms with E-state index in [2.05, 4.69) is 5.16 Å². The van der Waals surface area contributed by atoms with Gasteiger partial charge in [0.15, 0.2) is 5.69 Å². The molecule has 0 spiro atoms. The van der Waals surface area contributed by atoms with Gasteiger partial charge in [-0.2, -0.15) is 4.31 Å². The van der Waals surface area contributed by atoms with E-state index < -0.39 is 10.0 Å². The minimum absolute atomic E-state index is 0.155. The van der Waals surface area contributed by atoms with Crippen LogP contribution in [0.15, 0.2) is 51.9 Å². The number of hydrogen-bond acceptors (Lipinski definition) is 6. The summed E-state index contributed by atoms with van der Waals surface area (Å²) in [7, 11) is -3.60. The quantitative estimate of drug-likeness (QED) is 0.532. The van der Waals surface area contributed by atoms with Crippen LogP contribution in [0.2, 0.25) is 0 Å². The van der Waals surface area contributed by atoms with Crippen molar-refractivity contribution in [3.05, 3.63) is 76.2 Å². The zero-order valence-corrected chi connectivity index (χ0v) is 20.7. The maximum atomic E-state index is 13.2. The summed E-state index contributed by atoms with van der Waals surface area (Å²) in [4.78, 5) is 15.1. The second-order valence-corrected chi connectivity index (χ2v) is 10.6. The Labute approximate surface area is 200 Å². The summed E-state index contributed by atoms with van der Waals surface area (Å²) >= 11 is 0. The molecule has 3 aromatic rings. The summed E-state index contributed by atoms with van der Waals surface area (Å²) in [6, 6.07) is 12.7. The second-order valence-electron chi connectivity index (χ2n) is 8.63. The van der Waals surface area contributed by atoms with E-state index in [9.17, 15) is 13.2 Å². The van der Waals surface area contributed by atoms with E-state index in [0.29, 0.717) is 11.3 Å². The third kappa shape index (κ3) is 4.85. The lowest BCUT2D eigenvalue weighted by atomic mass is 10.1. The Balaban J connectivity index is 1.43. The van der Waals surface area contributed by atoms with Crippen molar-refractivity contribution in [2.75, 3.05) is 26.2 Å². The Morgan fingerprint density at radius 2 is 1.62 bits per heavy atom. The number of benzene rings is 2. The molecule has 4 rings (SSSR count). The van der Waals surface area contributed by atoms with Gasteiger partial charge in [-0.25, -0.2) is 8.42 Å². The van der Waals surface area contributed by atoms with Gasteiger partial charge < -0.3 is 14.2 Å². The SMILES string of the molecule is Cc1ccc(S(=O)(=O)N2CCN(C(=O)c3noc(C)c3COc3ccc(C)cc3C)CC2)cc1. The van der Waals surface area contributed by atoms with Crippen LogP contribution >= 0.6 is 0 Å². The topological polar surface area (TPSA) is 93.0 Å². The fourth-order valence-electron chi connectivity index (χ4n) is 3.98.